The SMILES string of the molecule is COc1ccc2c(ccc3ccc4ccc5ccc6cc(P(c7ccccc7)c7ccccc7)ccc6c5c4c32)c1. The van der Waals surface area contributed by atoms with Crippen molar-refractivity contribution in [1.82, 2.24) is 0 Å². The van der Waals surface area contributed by atoms with E-state index in [1.54, 1.807) is 7.11 Å². The molecule has 0 N–H and O–H groups in total. The van der Waals surface area contributed by atoms with E-state index in [9.17, 15) is 0 Å². The van der Waals surface area contributed by atoms with Crippen molar-refractivity contribution in [2.75, 3.05) is 7.11 Å². The summed E-state index contributed by atoms with van der Waals surface area (Å²) in [7, 11) is 1.06. The molecule has 0 saturated heterocycles. The van der Waals surface area contributed by atoms with E-state index in [2.05, 4.69) is 146 Å². The van der Waals surface area contributed by atoms with Crippen LogP contribution >= 0.6 is 7.92 Å². The van der Waals surface area contributed by atoms with Crippen LogP contribution in [-0.4, -0.2) is 7.11 Å². The molecule has 0 saturated carbocycles. The van der Waals surface area contributed by atoms with E-state index in [0.717, 1.165) is 5.75 Å². The van der Waals surface area contributed by atoms with Crippen molar-refractivity contribution in [1.29, 1.82) is 0 Å². The quantitative estimate of drug-likeness (QED) is 0.159. The van der Waals surface area contributed by atoms with Crippen molar-refractivity contribution in [3.8, 4) is 5.75 Å². The summed E-state index contributed by atoms with van der Waals surface area (Å²) in [4.78, 5) is 0. The van der Waals surface area contributed by atoms with Gasteiger partial charge in [-0.2, -0.15) is 0 Å². The normalized spacial score (nSPS) is 11.8. The van der Waals surface area contributed by atoms with Crippen LogP contribution in [0.5, 0.6) is 5.75 Å². The third-order valence-corrected chi connectivity index (χ3v) is 10.7. The number of fused-ring (bicyclic) bond motifs is 9. The molecule has 0 bridgehead atoms. The number of ether oxygens (including phenoxy) is 1. The minimum Gasteiger partial charge on any atom is -0.497 e. The predicted octanol–water partition coefficient (Wildman–Crippen LogP) is 9.22. The Hall–Kier alpha value is -4.71. The molecule has 0 unspecified atom stereocenters. The highest BCUT2D eigenvalue weighted by Gasteiger charge is 2.18. The molecule has 0 radical (unpaired) electrons. The maximum atomic E-state index is 5.55. The van der Waals surface area contributed by atoms with Crippen LogP contribution in [0.1, 0.15) is 0 Å². The Morgan fingerprint density at radius 2 is 0.854 bits per heavy atom. The second-order valence-corrected chi connectivity index (χ2v) is 12.8. The van der Waals surface area contributed by atoms with E-state index in [-0.39, 0.29) is 0 Å². The molecule has 1 nitrogen and oxygen atoms in total. The zero-order chi connectivity index (χ0) is 27.3. The van der Waals surface area contributed by atoms with Gasteiger partial charge in [-0.3, -0.25) is 0 Å². The number of hydrogen-bond donors (Lipinski definition) is 0. The highest BCUT2D eigenvalue weighted by atomic mass is 31.1. The Labute approximate surface area is 240 Å². The standard InChI is InChI=1S/C39H27OP/c1-40-31-20-22-35-29(24-31)18-16-26-12-14-28-15-13-27-17-19-30-25-34(21-23-36(30)38(27)39(28)37(26)35)41(32-8-4-2-5-9-32)33-10-6-3-7-11-33/h2-25H,1H3. The molecule has 0 atom stereocenters. The van der Waals surface area contributed by atoms with Crippen LogP contribution in [0.2, 0.25) is 0 Å². The van der Waals surface area contributed by atoms with Gasteiger partial charge in [-0.05, 0) is 95.9 Å². The zero-order valence-electron chi connectivity index (χ0n) is 22.7. The maximum absolute atomic E-state index is 5.55. The lowest BCUT2D eigenvalue weighted by Gasteiger charge is -2.20. The zero-order valence-corrected chi connectivity index (χ0v) is 23.6. The van der Waals surface area contributed by atoms with Gasteiger partial charge in [0.15, 0.2) is 0 Å². The largest absolute Gasteiger partial charge is 0.497 e. The number of benzene rings is 8. The Morgan fingerprint density at radius 3 is 1.39 bits per heavy atom. The van der Waals surface area contributed by atoms with Crippen LogP contribution in [0, 0.1) is 0 Å². The lowest BCUT2D eigenvalue weighted by molar-refractivity contribution is 0.415. The van der Waals surface area contributed by atoms with E-state index in [4.69, 9.17) is 4.74 Å². The van der Waals surface area contributed by atoms with Crippen LogP contribution in [-0.2, 0) is 0 Å². The van der Waals surface area contributed by atoms with Gasteiger partial charge in [0.05, 0.1) is 7.11 Å². The second kappa shape index (κ2) is 9.73. The summed E-state index contributed by atoms with van der Waals surface area (Å²) in [6, 6.07) is 53.5. The van der Waals surface area contributed by atoms with Gasteiger partial charge < -0.3 is 4.74 Å². The fraction of sp³-hybridized carbons (Fsp3) is 0.0256. The molecule has 194 valence electrons. The fourth-order valence-electron chi connectivity index (χ4n) is 6.36. The average molecular weight is 543 g/mol. The van der Waals surface area contributed by atoms with E-state index >= 15 is 0 Å². The van der Waals surface area contributed by atoms with E-state index in [1.165, 1.54) is 69.8 Å². The van der Waals surface area contributed by atoms with Crippen LogP contribution < -0.4 is 20.7 Å². The summed E-state index contributed by atoms with van der Waals surface area (Å²) in [5.41, 5.74) is 0. The van der Waals surface area contributed by atoms with Crippen molar-refractivity contribution in [3.05, 3.63) is 146 Å². The summed E-state index contributed by atoms with van der Waals surface area (Å²) in [6.07, 6.45) is 0. The molecule has 0 aliphatic heterocycles. The van der Waals surface area contributed by atoms with Crippen molar-refractivity contribution >= 4 is 77.7 Å². The van der Waals surface area contributed by atoms with Gasteiger partial charge in [-0.25, -0.2) is 0 Å². The van der Waals surface area contributed by atoms with Crippen molar-refractivity contribution in [3.63, 3.8) is 0 Å². The Balaban J connectivity index is 1.44. The third-order valence-electron chi connectivity index (χ3n) is 8.26. The summed E-state index contributed by atoms with van der Waals surface area (Å²) in [5.74, 6) is 0.883. The van der Waals surface area contributed by atoms with Crippen molar-refractivity contribution < 1.29 is 4.74 Å². The first-order valence-electron chi connectivity index (χ1n) is 14.0. The minimum atomic E-state index is -0.666. The molecular weight excluding hydrogens is 515 g/mol. The smallest absolute Gasteiger partial charge is 0.119 e. The first-order chi connectivity index (χ1) is 20.3. The summed E-state index contributed by atoms with van der Waals surface area (Å²) >= 11 is 0. The molecule has 0 aliphatic carbocycles. The Bertz CT molecular complexity index is 2190. The highest BCUT2D eigenvalue weighted by molar-refractivity contribution is 7.79. The lowest BCUT2D eigenvalue weighted by atomic mass is 9.90. The van der Waals surface area contributed by atoms with Crippen LogP contribution in [0.3, 0.4) is 0 Å². The molecule has 8 rings (SSSR count). The minimum absolute atomic E-state index is 0.666. The van der Waals surface area contributed by atoms with Gasteiger partial charge >= 0.3 is 0 Å². The summed E-state index contributed by atoms with van der Waals surface area (Å²) < 4.78 is 5.55. The molecule has 2 heteroatoms. The summed E-state index contributed by atoms with van der Waals surface area (Å²) in [6.45, 7) is 0. The second-order valence-electron chi connectivity index (χ2n) is 10.6. The molecule has 8 aromatic carbocycles. The van der Waals surface area contributed by atoms with E-state index in [0.29, 0.717) is 0 Å². The van der Waals surface area contributed by atoms with Gasteiger partial charge in [-0.1, -0.05) is 127 Å². The summed E-state index contributed by atoms with van der Waals surface area (Å²) in [5, 5.41) is 16.9. The van der Waals surface area contributed by atoms with Crippen LogP contribution in [0.4, 0.5) is 0 Å². The Morgan fingerprint density at radius 1 is 0.390 bits per heavy atom. The first kappa shape index (κ1) is 24.1. The molecular formula is C39H27OP. The molecule has 0 heterocycles. The van der Waals surface area contributed by atoms with Gasteiger partial charge in [-0.15, -0.1) is 0 Å². The molecule has 0 spiro atoms. The fourth-order valence-corrected chi connectivity index (χ4v) is 8.68. The molecule has 0 aliphatic rings. The van der Waals surface area contributed by atoms with Crippen LogP contribution in [0.15, 0.2) is 146 Å². The van der Waals surface area contributed by atoms with Gasteiger partial charge in [0.25, 0.3) is 0 Å². The predicted molar refractivity (Wildman–Crippen MR) is 179 cm³/mol. The number of methoxy groups -OCH3 is 1. The lowest BCUT2D eigenvalue weighted by Crippen LogP contribution is -2.20. The Kier molecular flexibility index (Phi) is 5.73. The molecule has 41 heavy (non-hydrogen) atoms. The third kappa shape index (κ3) is 3.97. The highest BCUT2D eigenvalue weighted by Crippen LogP contribution is 2.41. The topological polar surface area (TPSA) is 9.23 Å². The molecule has 0 amide bonds. The number of rotatable bonds is 4. The number of hydrogen-bond acceptors (Lipinski definition) is 1. The first-order valence-corrected chi connectivity index (χ1v) is 15.3. The van der Waals surface area contributed by atoms with Crippen LogP contribution in [0.25, 0.3) is 53.9 Å². The van der Waals surface area contributed by atoms with Gasteiger partial charge in [0, 0.05) is 0 Å². The van der Waals surface area contributed by atoms with Crippen molar-refractivity contribution in [2.45, 2.75) is 0 Å². The van der Waals surface area contributed by atoms with E-state index in [1.807, 2.05) is 0 Å². The van der Waals surface area contributed by atoms with E-state index < -0.39 is 7.92 Å². The monoisotopic (exact) mass is 542 g/mol. The van der Waals surface area contributed by atoms with Gasteiger partial charge in [0.1, 0.15) is 5.75 Å². The maximum Gasteiger partial charge on any atom is 0.119 e. The average Bonchev–Trinajstić information content (AvgIpc) is 3.04. The molecule has 0 fully saturated rings. The molecule has 8 aromatic rings. The van der Waals surface area contributed by atoms with Gasteiger partial charge in [0.2, 0.25) is 0 Å². The molecule has 0 aromatic heterocycles. The van der Waals surface area contributed by atoms with Crippen molar-refractivity contribution in [2.24, 2.45) is 0 Å².